The van der Waals surface area contributed by atoms with Gasteiger partial charge in [0.15, 0.2) is 0 Å². The van der Waals surface area contributed by atoms with Crippen LogP contribution in [0.15, 0.2) is 18.2 Å². The summed E-state index contributed by atoms with van der Waals surface area (Å²) in [5.74, 6) is -1.81. The molecule has 5 heteroatoms. The summed E-state index contributed by atoms with van der Waals surface area (Å²) in [6.45, 7) is 0. The number of carboxylic acid groups (broad SMARTS) is 1. The number of rotatable bonds is 3. The second kappa shape index (κ2) is 5.01. The van der Waals surface area contributed by atoms with E-state index in [2.05, 4.69) is 0 Å². The van der Waals surface area contributed by atoms with Gasteiger partial charge in [0.05, 0.1) is 18.4 Å². The Morgan fingerprint density at radius 1 is 1.53 bits per heavy atom. The lowest BCUT2D eigenvalue weighted by Gasteiger charge is -2.08. The summed E-state index contributed by atoms with van der Waals surface area (Å²) in [4.78, 5) is 10.5. The minimum atomic E-state index is -1.04. The predicted molar refractivity (Wildman–Crippen MR) is 57.1 cm³/mol. The van der Waals surface area contributed by atoms with Gasteiger partial charge >= 0.3 is 5.97 Å². The second-order valence-corrected chi connectivity index (χ2v) is 3.79. The van der Waals surface area contributed by atoms with Crippen LogP contribution >= 0.6 is 23.2 Å². The van der Waals surface area contributed by atoms with Crippen LogP contribution in [0.25, 0.3) is 0 Å². The molecule has 0 radical (unpaired) electrons. The van der Waals surface area contributed by atoms with Crippen LogP contribution in [-0.4, -0.2) is 11.1 Å². The molecule has 0 aliphatic carbocycles. The maximum absolute atomic E-state index is 10.5. The molecule has 0 aliphatic heterocycles. The van der Waals surface area contributed by atoms with Gasteiger partial charge in [-0.1, -0.05) is 23.2 Å². The molecule has 0 aromatic heterocycles. The summed E-state index contributed by atoms with van der Waals surface area (Å²) in [5.41, 5.74) is 0.453. The molecule has 0 saturated carbocycles. The fourth-order valence-electron chi connectivity index (χ4n) is 1.18. The number of carboxylic acids is 1. The molecule has 1 aromatic carbocycles. The van der Waals surface area contributed by atoms with E-state index in [1.807, 2.05) is 6.07 Å². The highest BCUT2D eigenvalue weighted by Gasteiger charge is 2.17. The molecule has 0 heterocycles. The van der Waals surface area contributed by atoms with Crippen molar-refractivity contribution in [3.8, 4) is 6.07 Å². The molecule has 3 nitrogen and oxygen atoms in total. The largest absolute Gasteiger partial charge is 0.481 e. The van der Waals surface area contributed by atoms with Gasteiger partial charge in [0.1, 0.15) is 0 Å². The second-order valence-electron chi connectivity index (χ2n) is 2.95. The minimum Gasteiger partial charge on any atom is -0.481 e. The SMILES string of the molecule is N#CC(CC(=O)O)c1cc(Cl)ccc1Cl. The van der Waals surface area contributed by atoms with Crippen molar-refractivity contribution in [2.75, 3.05) is 0 Å². The van der Waals surface area contributed by atoms with Gasteiger partial charge in [0.2, 0.25) is 0 Å². The first kappa shape index (κ1) is 11.8. The van der Waals surface area contributed by atoms with Crippen LogP contribution in [-0.2, 0) is 4.79 Å². The third-order valence-corrected chi connectivity index (χ3v) is 2.45. The number of aliphatic carboxylic acids is 1. The Morgan fingerprint density at radius 3 is 2.73 bits per heavy atom. The van der Waals surface area contributed by atoms with Crippen LogP contribution in [0.5, 0.6) is 0 Å². The van der Waals surface area contributed by atoms with Gasteiger partial charge in [-0.15, -0.1) is 0 Å². The first-order chi connectivity index (χ1) is 7.04. The van der Waals surface area contributed by atoms with Gasteiger partial charge < -0.3 is 5.11 Å². The van der Waals surface area contributed by atoms with Gasteiger partial charge in [-0.3, -0.25) is 4.79 Å². The predicted octanol–water partition coefficient (Wildman–Crippen LogP) is 3.08. The molecule has 0 fully saturated rings. The first-order valence-electron chi connectivity index (χ1n) is 4.11. The number of hydrogen-bond acceptors (Lipinski definition) is 2. The summed E-state index contributed by atoms with van der Waals surface area (Å²) < 4.78 is 0. The monoisotopic (exact) mass is 243 g/mol. The molecule has 0 spiro atoms. The Morgan fingerprint density at radius 2 is 2.20 bits per heavy atom. The van der Waals surface area contributed by atoms with Gasteiger partial charge in [-0.2, -0.15) is 5.26 Å². The Hall–Kier alpha value is -1.24. The molecule has 1 rings (SSSR count). The van der Waals surface area contributed by atoms with E-state index in [9.17, 15) is 4.79 Å². The van der Waals surface area contributed by atoms with E-state index in [1.54, 1.807) is 12.1 Å². The van der Waals surface area contributed by atoms with E-state index in [1.165, 1.54) is 6.07 Å². The molecule has 0 aliphatic rings. The summed E-state index contributed by atoms with van der Waals surface area (Å²) >= 11 is 11.6. The van der Waals surface area contributed by atoms with Crippen molar-refractivity contribution >= 4 is 29.2 Å². The lowest BCUT2D eigenvalue weighted by Crippen LogP contribution is -2.04. The molecule has 1 N–H and O–H groups in total. The van der Waals surface area contributed by atoms with Crippen LogP contribution in [0.1, 0.15) is 17.9 Å². The molecule has 1 unspecified atom stereocenters. The quantitative estimate of drug-likeness (QED) is 0.888. The average molecular weight is 244 g/mol. The Kier molecular flexibility index (Phi) is 3.96. The topological polar surface area (TPSA) is 61.1 Å². The highest BCUT2D eigenvalue weighted by atomic mass is 35.5. The summed E-state index contributed by atoms with van der Waals surface area (Å²) in [6.07, 6.45) is -0.281. The standard InChI is InChI=1S/C10H7Cl2NO2/c11-7-1-2-9(12)8(4-7)6(5-13)3-10(14)15/h1-2,4,6H,3H2,(H,14,15). The van der Waals surface area contributed by atoms with E-state index in [0.717, 1.165) is 0 Å². The molecule has 0 bridgehead atoms. The van der Waals surface area contributed by atoms with Crippen molar-refractivity contribution in [1.82, 2.24) is 0 Å². The van der Waals surface area contributed by atoms with Crippen LogP contribution in [0.2, 0.25) is 10.0 Å². The first-order valence-corrected chi connectivity index (χ1v) is 4.86. The van der Waals surface area contributed by atoms with Crippen molar-refractivity contribution in [3.05, 3.63) is 33.8 Å². The number of carbonyl (C=O) groups is 1. The van der Waals surface area contributed by atoms with Crippen LogP contribution in [0, 0.1) is 11.3 Å². The van der Waals surface area contributed by atoms with Crippen molar-refractivity contribution in [2.45, 2.75) is 12.3 Å². The molecule has 15 heavy (non-hydrogen) atoms. The van der Waals surface area contributed by atoms with Crippen molar-refractivity contribution in [2.24, 2.45) is 0 Å². The number of nitrogens with zero attached hydrogens (tertiary/aromatic N) is 1. The Labute approximate surface area is 96.8 Å². The van der Waals surface area contributed by atoms with Gasteiger partial charge in [-0.25, -0.2) is 0 Å². The van der Waals surface area contributed by atoms with E-state index >= 15 is 0 Å². The van der Waals surface area contributed by atoms with Crippen LogP contribution < -0.4 is 0 Å². The number of hydrogen-bond donors (Lipinski definition) is 1. The maximum atomic E-state index is 10.5. The van der Waals surface area contributed by atoms with E-state index in [4.69, 9.17) is 33.6 Å². The Bertz CT molecular complexity index is 426. The van der Waals surface area contributed by atoms with Crippen molar-refractivity contribution in [1.29, 1.82) is 5.26 Å². The van der Waals surface area contributed by atoms with Crippen LogP contribution in [0.3, 0.4) is 0 Å². The highest BCUT2D eigenvalue weighted by molar-refractivity contribution is 6.33. The normalized spacial score (nSPS) is 11.8. The lowest BCUT2D eigenvalue weighted by atomic mass is 9.97. The van der Waals surface area contributed by atoms with Crippen LogP contribution in [0.4, 0.5) is 0 Å². The zero-order chi connectivity index (χ0) is 11.4. The molecule has 0 amide bonds. The maximum Gasteiger partial charge on any atom is 0.305 e. The number of nitriles is 1. The zero-order valence-corrected chi connectivity index (χ0v) is 9.09. The lowest BCUT2D eigenvalue weighted by molar-refractivity contribution is -0.137. The summed E-state index contributed by atoms with van der Waals surface area (Å²) in [5, 5.41) is 18.2. The fourth-order valence-corrected chi connectivity index (χ4v) is 1.61. The molecular weight excluding hydrogens is 237 g/mol. The molecule has 78 valence electrons. The average Bonchev–Trinajstić information content (AvgIpc) is 2.18. The zero-order valence-electron chi connectivity index (χ0n) is 7.58. The van der Waals surface area contributed by atoms with E-state index in [-0.39, 0.29) is 6.42 Å². The molecule has 1 aromatic rings. The third kappa shape index (κ3) is 3.12. The fraction of sp³-hybridized carbons (Fsp3) is 0.200. The van der Waals surface area contributed by atoms with Crippen molar-refractivity contribution < 1.29 is 9.90 Å². The Balaban J connectivity index is 3.07. The van der Waals surface area contributed by atoms with Gasteiger partial charge in [0.25, 0.3) is 0 Å². The van der Waals surface area contributed by atoms with E-state index in [0.29, 0.717) is 15.6 Å². The third-order valence-electron chi connectivity index (χ3n) is 1.87. The number of benzene rings is 1. The number of halogens is 2. The smallest absolute Gasteiger partial charge is 0.305 e. The molecule has 1 atom stereocenters. The van der Waals surface area contributed by atoms with E-state index < -0.39 is 11.9 Å². The molecule has 0 saturated heterocycles. The van der Waals surface area contributed by atoms with Gasteiger partial charge in [-0.05, 0) is 23.8 Å². The summed E-state index contributed by atoms with van der Waals surface area (Å²) in [7, 11) is 0. The summed E-state index contributed by atoms with van der Waals surface area (Å²) in [6, 6.07) is 6.54. The van der Waals surface area contributed by atoms with Crippen molar-refractivity contribution in [3.63, 3.8) is 0 Å². The minimum absolute atomic E-state index is 0.281. The highest BCUT2D eigenvalue weighted by Crippen LogP contribution is 2.29. The molecular formula is C10H7Cl2NO2. The van der Waals surface area contributed by atoms with Gasteiger partial charge in [0, 0.05) is 10.0 Å².